The molecule has 0 amide bonds. The molecule has 2 heterocycles. The molecular formula is C30H44B2O4. The molecule has 2 aliphatic heterocycles. The van der Waals surface area contributed by atoms with Crippen LogP contribution in [0.1, 0.15) is 105 Å². The smallest absolute Gasteiger partial charge is 0.400 e. The number of aryl methyl sites for hydroxylation is 1. The molecule has 194 valence electrons. The summed E-state index contributed by atoms with van der Waals surface area (Å²) in [4.78, 5) is 0. The maximum absolute atomic E-state index is 6.53. The zero-order valence-electron chi connectivity index (χ0n) is 23.9. The van der Waals surface area contributed by atoms with E-state index in [1.54, 1.807) is 5.56 Å². The number of rotatable bonds is 2. The van der Waals surface area contributed by atoms with Crippen molar-refractivity contribution in [3.63, 3.8) is 0 Å². The van der Waals surface area contributed by atoms with E-state index in [2.05, 4.69) is 86.6 Å². The summed E-state index contributed by atoms with van der Waals surface area (Å²) in [5.41, 5.74) is 4.62. The van der Waals surface area contributed by atoms with Gasteiger partial charge >= 0.3 is 14.2 Å². The highest BCUT2D eigenvalue weighted by atomic mass is 16.7. The molecule has 0 bridgehead atoms. The largest absolute Gasteiger partial charge is 0.494 e. The van der Waals surface area contributed by atoms with E-state index in [0.29, 0.717) is 11.8 Å². The lowest BCUT2D eigenvalue weighted by atomic mass is 9.50. The standard InChI is InChI=1S/C30H44B2O4/c1-26(2)27(3,4)34-31(33-26)20-11-13-21-19(18-20)10-12-23-22(21)16-17-30(9)24(23)14-15-25(30)32-35-28(5,6)29(7,8)36-32/h11,13,15,18,22-24H,10,12,14,16-17H2,1-9H3/t22-,23-,24+,30+/m1/s1. The second-order valence-electron chi connectivity index (χ2n) is 14.4. The van der Waals surface area contributed by atoms with Gasteiger partial charge in [0.05, 0.1) is 22.4 Å². The number of benzene rings is 1. The van der Waals surface area contributed by atoms with Crippen LogP contribution < -0.4 is 5.46 Å². The van der Waals surface area contributed by atoms with Crippen molar-refractivity contribution in [2.45, 2.75) is 123 Å². The van der Waals surface area contributed by atoms with Crippen molar-refractivity contribution >= 4 is 19.7 Å². The zero-order chi connectivity index (χ0) is 25.9. The average molecular weight is 490 g/mol. The Bertz CT molecular complexity index is 1070. The van der Waals surface area contributed by atoms with Crippen LogP contribution >= 0.6 is 0 Å². The Labute approximate surface area is 219 Å². The van der Waals surface area contributed by atoms with E-state index in [0.717, 1.165) is 24.2 Å². The van der Waals surface area contributed by atoms with Crippen molar-refractivity contribution in [3.05, 3.63) is 40.9 Å². The first-order chi connectivity index (χ1) is 16.7. The number of allylic oxidation sites excluding steroid dienone is 2. The first kappa shape index (κ1) is 25.2. The van der Waals surface area contributed by atoms with Gasteiger partial charge in [0.15, 0.2) is 0 Å². The second kappa shape index (κ2) is 7.74. The fourth-order valence-corrected chi connectivity index (χ4v) is 7.66. The highest BCUT2D eigenvalue weighted by molar-refractivity contribution is 6.62. The van der Waals surface area contributed by atoms with Gasteiger partial charge in [-0.25, -0.2) is 0 Å². The van der Waals surface area contributed by atoms with Gasteiger partial charge in [0, 0.05) is 0 Å². The molecule has 1 aromatic rings. The van der Waals surface area contributed by atoms with Gasteiger partial charge in [-0.1, -0.05) is 31.2 Å². The summed E-state index contributed by atoms with van der Waals surface area (Å²) in [6, 6.07) is 7.04. The molecule has 36 heavy (non-hydrogen) atoms. The Balaban J connectivity index is 1.22. The molecule has 6 rings (SSSR count). The van der Waals surface area contributed by atoms with Crippen molar-refractivity contribution in [1.29, 1.82) is 0 Å². The van der Waals surface area contributed by atoms with E-state index in [1.807, 2.05) is 0 Å². The Morgan fingerprint density at radius 3 is 1.94 bits per heavy atom. The minimum absolute atomic E-state index is 0.169. The van der Waals surface area contributed by atoms with Crippen LogP contribution in [0.2, 0.25) is 0 Å². The van der Waals surface area contributed by atoms with Crippen molar-refractivity contribution < 1.29 is 18.6 Å². The van der Waals surface area contributed by atoms with Crippen LogP contribution in [0.25, 0.3) is 0 Å². The van der Waals surface area contributed by atoms with Gasteiger partial charge in [0.1, 0.15) is 0 Å². The topological polar surface area (TPSA) is 36.9 Å². The third-order valence-electron chi connectivity index (χ3n) is 11.4. The van der Waals surface area contributed by atoms with E-state index in [4.69, 9.17) is 18.6 Å². The van der Waals surface area contributed by atoms with E-state index < -0.39 is 0 Å². The van der Waals surface area contributed by atoms with E-state index in [1.165, 1.54) is 30.3 Å². The summed E-state index contributed by atoms with van der Waals surface area (Å²) in [7, 11) is -0.492. The summed E-state index contributed by atoms with van der Waals surface area (Å²) < 4.78 is 25.8. The van der Waals surface area contributed by atoms with E-state index in [9.17, 15) is 0 Å². The molecule has 6 heteroatoms. The molecule has 5 aliphatic rings. The number of fused-ring (bicyclic) bond motifs is 5. The third-order valence-corrected chi connectivity index (χ3v) is 11.4. The molecule has 0 unspecified atom stereocenters. The van der Waals surface area contributed by atoms with Crippen molar-refractivity contribution in [2.24, 2.45) is 17.3 Å². The van der Waals surface area contributed by atoms with E-state index in [-0.39, 0.29) is 42.1 Å². The van der Waals surface area contributed by atoms with Crippen LogP contribution in [0.4, 0.5) is 0 Å². The van der Waals surface area contributed by atoms with Gasteiger partial charge in [-0.3, -0.25) is 0 Å². The Hall–Kier alpha value is -1.07. The Morgan fingerprint density at radius 2 is 1.33 bits per heavy atom. The van der Waals surface area contributed by atoms with Crippen molar-refractivity contribution in [3.8, 4) is 0 Å². The number of hydrogen-bond donors (Lipinski definition) is 0. The van der Waals surface area contributed by atoms with Crippen LogP contribution in [0.15, 0.2) is 29.7 Å². The average Bonchev–Trinajstić information content (AvgIpc) is 3.32. The van der Waals surface area contributed by atoms with Crippen molar-refractivity contribution in [1.82, 2.24) is 0 Å². The minimum Gasteiger partial charge on any atom is -0.400 e. The van der Waals surface area contributed by atoms with Crippen LogP contribution in [-0.4, -0.2) is 36.6 Å². The molecule has 4 atom stereocenters. The lowest BCUT2D eigenvalue weighted by molar-refractivity contribution is 0.00578. The highest BCUT2D eigenvalue weighted by Crippen LogP contribution is 2.62. The molecule has 3 fully saturated rings. The first-order valence-electron chi connectivity index (χ1n) is 14.2. The van der Waals surface area contributed by atoms with Crippen LogP contribution in [0, 0.1) is 17.3 Å². The summed E-state index contributed by atoms with van der Waals surface area (Å²) in [6.07, 6.45) is 8.46. The molecule has 0 N–H and O–H groups in total. The molecule has 4 nitrogen and oxygen atoms in total. The van der Waals surface area contributed by atoms with Gasteiger partial charge in [0.25, 0.3) is 0 Å². The highest BCUT2D eigenvalue weighted by Gasteiger charge is 2.60. The quantitative estimate of drug-likeness (QED) is 0.476. The Kier molecular flexibility index (Phi) is 5.43. The van der Waals surface area contributed by atoms with Gasteiger partial charge in [-0.05, 0) is 133 Å². The zero-order valence-corrected chi connectivity index (χ0v) is 23.9. The van der Waals surface area contributed by atoms with Gasteiger partial charge in [0.2, 0.25) is 0 Å². The fourth-order valence-electron chi connectivity index (χ4n) is 7.66. The van der Waals surface area contributed by atoms with E-state index >= 15 is 0 Å². The normalized spacial score (nSPS) is 37.4. The molecule has 0 spiro atoms. The number of hydrogen-bond acceptors (Lipinski definition) is 4. The molecule has 2 saturated heterocycles. The maximum atomic E-state index is 6.53. The predicted octanol–water partition coefficient (Wildman–Crippen LogP) is 6.01. The predicted molar refractivity (Wildman–Crippen MR) is 146 cm³/mol. The molecule has 3 aliphatic carbocycles. The molecule has 0 radical (unpaired) electrons. The SMILES string of the molecule is CC1(C)OB(C2=CC[C@H]3[C@@H]4CCc5cc(B6OC(C)(C)C(C)(C)O6)ccc5[C@H]4CC[C@]23C)OC1(C)C. The molecule has 1 aromatic carbocycles. The Morgan fingerprint density at radius 1 is 0.750 bits per heavy atom. The monoisotopic (exact) mass is 490 g/mol. The molecule has 0 aromatic heterocycles. The molecular weight excluding hydrogens is 446 g/mol. The second-order valence-corrected chi connectivity index (χ2v) is 14.4. The first-order valence-corrected chi connectivity index (χ1v) is 14.2. The lowest BCUT2D eigenvalue weighted by Crippen LogP contribution is -2.44. The van der Waals surface area contributed by atoms with Gasteiger partial charge in [-0.2, -0.15) is 0 Å². The summed E-state index contributed by atoms with van der Waals surface area (Å²) in [5, 5.41) is 0. The van der Waals surface area contributed by atoms with Crippen LogP contribution in [0.5, 0.6) is 0 Å². The van der Waals surface area contributed by atoms with Crippen LogP contribution in [-0.2, 0) is 25.0 Å². The lowest BCUT2D eigenvalue weighted by Gasteiger charge is -2.50. The van der Waals surface area contributed by atoms with Crippen LogP contribution in [0.3, 0.4) is 0 Å². The third kappa shape index (κ3) is 3.50. The summed E-state index contributed by atoms with van der Waals surface area (Å²) in [5.74, 6) is 2.03. The fraction of sp³-hybridized carbons (Fsp3) is 0.733. The summed E-state index contributed by atoms with van der Waals surface area (Å²) in [6.45, 7) is 19.7. The molecule has 1 saturated carbocycles. The summed E-state index contributed by atoms with van der Waals surface area (Å²) >= 11 is 0. The maximum Gasteiger partial charge on any atom is 0.494 e. The van der Waals surface area contributed by atoms with Gasteiger partial charge in [-0.15, -0.1) is 0 Å². The van der Waals surface area contributed by atoms with Gasteiger partial charge < -0.3 is 18.6 Å². The van der Waals surface area contributed by atoms with Crippen molar-refractivity contribution in [2.75, 3.05) is 0 Å². The minimum atomic E-state index is -0.309.